The van der Waals surface area contributed by atoms with E-state index < -0.39 is 53.8 Å². The lowest BCUT2D eigenvalue weighted by atomic mass is 9.98. The Morgan fingerprint density at radius 1 is 1.21 bits per heavy atom. The summed E-state index contributed by atoms with van der Waals surface area (Å²) in [7, 11) is 1.34. The lowest BCUT2D eigenvalue weighted by Crippen LogP contribution is -2.34. The lowest BCUT2D eigenvalue weighted by Gasteiger charge is -2.28. The van der Waals surface area contributed by atoms with Crippen molar-refractivity contribution >= 4 is 22.6 Å². The Balaban J connectivity index is 1.54. The molecule has 0 amide bonds. The van der Waals surface area contributed by atoms with Gasteiger partial charge in [-0.05, 0) is 32.0 Å². The smallest absolute Gasteiger partial charge is 0.201 e. The zero-order valence-corrected chi connectivity index (χ0v) is 19.2. The maximum atomic E-state index is 14.5. The van der Waals surface area contributed by atoms with Crippen molar-refractivity contribution in [2.24, 2.45) is 0 Å². The van der Waals surface area contributed by atoms with E-state index in [-0.39, 0.29) is 17.5 Å². The Morgan fingerprint density at radius 2 is 1.97 bits per heavy atom. The first-order valence-corrected chi connectivity index (χ1v) is 10.9. The van der Waals surface area contributed by atoms with E-state index in [9.17, 15) is 13.9 Å². The molecule has 2 fully saturated rings. The first-order valence-electron chi connectivity index (χ1n) is 10.5. The van der Waals surface area contributed by atoms with Crippen LogP contribution in [0, 0.1) is 11.6 Å². The summed E-state index contributed by atoms with van der Waals surface area (Å²) in [6, 6.07) is 3.89. The van der Waals surface area contributed by atoms with Gasteiger partial charge in [0.15, 0.2) is 30.4 Å². The van der Waals surface area contributed by atoms with Crippen LogP contribution < -0.4 is 4.74 Å². The van der Waals surface area contributed by atoms with Crippen LogP contribution >= 0.6 is 11.6 Å². The number of fused-ring (bicyclic) bond motifs is 2. The molecule has 1 aromatic carbocycles. The number of aromatic nitrogens is 3. The molecule has 0 radical (unpaired) electrons. The maximum absolute atomic E-state index is 14.5. The van der Waals surface area contributed by atoms with E-state index >= 15 is 0 Å². The number of hydrogen-bond donors (Lipinski definition) is 1. The predicted octanol–water partition coefficient (Wildman–Crippen LogP) is 3.50. The minimum absolute atomic E-state index is 0.0172. The molecule has 9 nitrogen and oxygen atoms in total. The van der Waals surface area contributed by atoms with E-state index in [4.69, 9.17) is 35.3 Å². The number of halogens is 3. The molecule has 5 rings (SSSR count). The fourth-order valence-corrected chi connectivity index (χ4v) is 4.64. The van der Waals surface area contributed by atoms with Gasteiger partial charge in [0.25, 0.3) is 0 Å². The molecule has 0 bridgehead atoms. The van der Waals surface area contributed by atoms with Gasteiger partial charge in [-0.25, -0.2) is 14.4 Å². The van der Waals surface area contributed by atoms with E-state index in [0.29, 0.717) is 11.0 Å². The number of benzene rings is 1. The van der Waals surface area contributed by atoms with Crippen molar-refractivity contribution in [1.82, 2.24) is 14.5 Å². The van der Waals surface area contributed by atoms with Gasteiger partial charge in [0.05, 0.1) is 5.39 Å². The molecule has 2 aliphatic rings. The van der Waals surface area contributed by atoms with Crippen LogP contribution in [-0.2, 0) is 18.9 Å². The number of rotatable bonds is 6. The van der Waals surface area contributed by atoms with Gasteiger partial charge in [-0.3, -0.25) is 0 Å². The molecule has 1 unspecified atom stereocenters. The molecule has 2 saturated heterocycles. The first-order chi connectivity index (χ1) is 16.2. The van der Waals surface area contributed by atoms with Crippen LogP contribution in [0.1, 0.15) is 31.7 Å². The number of methoxy groups -OCH3 is 1. The highest BCUT2D eigenvalue weighted by Gasteiger charge is 2.58. The molecule has 1 N–H and O–H groups in total. The Morgan fingerprint density at radius 3 is 2.74 bits per heavy atom. The molecule has 182 valence electrons. The molecule has 2 aliphatic heterocycles. The second kappa shape index (κ2) is 8.67. The minimum atomic E-state index is -1.45. The number of ether oxygens (including phenoxy) is 5. The molecule has 2 aromatic heterocycles. The van der Waals surface area contributed by atoms with Gasteiger partial charge in [-0.15, -0.1) is 0 Å². The van der Waals surface area contributed by atoms with Crippen molar-refractivity contribution in [2.75, 3.05) is 13.9 Å². The fraction of sp³-hybridized carbons (Fsp3) is 0.455. The van der Waals surface area contributed by atoms with Crippen LogP contribution in [0.2, 0.25) is 5.15 Å². The van der Waals surface area contributed by atoms with Crippen LogP contribution in [-0.4, -0.2) is 57.6 Å². The van der Waals surface area contributed by atoms with Gasteiger partial charge in [0.1, 0.15) is 41.5 Å². The average Bonchev–Trinajstić information content (AvgIpc) is 3.45. The van der Waals surface area contributed by atoms with Gasteiger partial charge in [-0.1, -0.05) is 11.6 Å². The Labute approximate surface area is 198 Å². The predicted molar refractivity (Wildman–Crippen MR) is 114 cm³/mol. The third-order valence-electron chi connectivity index (χ3n) is 5.83. The molecule has 12 heteroatoms. The summed E-state index contributed by atoms with van der Waals surface area (Å²) in [4.78, 5) is 8.28. The van der Waals surface area contributed by atoms with Gasteiger partial charge < -0.3 is 33.4 Å². The van der Waals surface area contributed by atoms with Crippen molar-refractivity contribution in [2.45, 2.75) is 50.3 Å². The van der Waals surface area contributed by atoms with Gasteiger partial charge >= 0.3 is 0 Å². The maximum Gasteiger partial charge on any atom is 0.201 e. The third-order valence-corrected chi connectivity index (χ3v) is 6.13. The zero-order chi connectivity index (χ0) is 24.2. The summed E-state index contributed by atoms with van der Waals surface area (Å²) in [5.41, 5.74) is 0.487. The summed E-state index contributed by atoms with van der Waals surface area (Å²) in [5.74, 6) is -3.82. The largest absolute Gasteiger partial charge is 0.464 e. The fourth-order valence-electron chi connectivity index (χ4n) is 4.45. The van der Waals surface area contributed by atoms with Crippen molar-refractivity contribution in [1.29, 1.82) is 0 Å². The molecule has 0 saturated carbocycles. The van der Waals surface area contributed by atoms with Crippen molar-refractivity contribution in [3.8, 4) is 5.75 Å². The van der Waals surface area contributed by atoms with Crippen LogP contribution in [0.3, 0.4) is 0 Å². The van der Waals surface area contributed by atoms with E-state index in [1.807, 2.05) is 0 Å². The molecule has 0 spiro atoms. The highest BCUT2D eigenvalue weighted by molar-refractivity contribution is 6.33. The van der Waals surface area contributed by atoms with Crippen LogP contribution in [0.5, 0.6) is 5.75 Å². The lowest BCUT2D eigenvalue weighted by molar-refractivity contribution is -0.207. The van der Waals surface area contributed by atoms with E-state index in [2.05, 4.69) is 9.97 Å². The summed E-state index contributed by atoms with van der Waals surface area (Å²) in [5, 5.41) is 12.2. The summed E-state index contributed by atoms with van der Waals surface area (Å²) in [6.45, 7) is 3.13. The number of aliphatic hydroxyl groups is 1. The van der Waals surface area contributed by atoms with E-state index in [0.717, 1.165) is 6.07 Å². The number of aliphatic hydroxyl groups excluding tert-OH is 1. The molecule has 3 aromatic rings. The third kappa shape index (κ3) is 3.82. The second-order valence-corrected chi connectivity index (χ2v) is 8.81. The Bertz CT molecular complexity index is 1220. The van der Waals surface area contributed by atoms with Crippen molar-refractivity contribution in [3.63, 3.8) is 0 Å². The van der Waals surface area contributed by atoms with Crippen LogP contribution in [0.25, 0.3) is 11.0 Å². The van der Waals surface area contributed by atoms with Gasteiger partial charge in [0.2, 0.25) is 5.82 Å². The summed E-state index contributed by atoms with van der Waals surface area (Å²) >= 11 is 6.19. The average molecular weight is 498 g/mol. The van der Waals surface area contributed by atoms with E-state index in [1.165, 1.54) is 19.5 Å². The standard InChI is InChI=1S/C22H22ClF2N3O6/c1-22(2)33-17-16(14(29)10-4-5-12(24)13(25)15(10)31-9-30-3)32-21(18(17)34-22)28-7-6-11-19(23)26-8-27-20(11)28/h4-8,14,16-18,21,29H,9H2,1-3H3/t14?,16-,17-,18-,21-/m1/s1. The quantitative estimate of drug-likeness (QED) is 0.408. The minimum Gasteiger partial charge on any atom is -0.464 e. The number of hydrogen-bond acceptors (Lipinski definition) is 8. The molecule has 34 heavy (non-hydrogen) atoms. The topological polar surface area (TPSA) is 97.1 Å². The van der Waals surface area contributed by atoms with Crippen molar-refractivity contribution in [3.05, 3.63) is 53.1 Å². The Kier molecular flexibility index (Phi) is 5.95. The second-order valence-electron chi connectivity index (χ2n) is 8.46. The first kappa shape index (κ1) is 23.3. The van der Waals surface area contributed by atoms with Crippen LogP contribution in [0.15, 0.2) is 30.7 Å². The highest BCUT2D eigenvalue weighted by Crippen LogP contribution is 2.48. The summed E-state index contributed by atoms with van der Waals surface area (Å²) in [6.07, 6.45) is -1.56. The molecule has 0 aliphatic carbocycles. The normalized spacial score (nSPS) is 26.7. The summed E-state index contributed by atoms with van der Waals surface area (Å²) < 4.78 is 58.6. The molecule has 5 atom stereocenters. The van der Waals surface area contributed by atoms with Crippen molar-refractivity contribution < 1.29 is 37.6 Å². The van der Waals surface area contributed by atoms with Gasteiger partial charge in [0, 0.05) is 18.9 Å². The molecule has 4 heterocycles. The van der Waals surface area contributed by atoms with E-state index in [1.54, 1.807) is 30.7 Å². The number of nitrogens with zero attached hydrogens (tertiary/aromatic N) is 3. The Hall–Kier alpha value is -2.41. The van der Waals surface area contributed by atoms with Gasteiger partial charge in [-0.2, -0.15) is 4.39 Å². The zero-order valence-electron chi connectivity index (χ0n) is 18.4. The molecular weight excluding hydrogens is 476 g/mol. The van der Waals surface area contributed by atoms with Crippen LogP contribution in [0.4, 0.5) is 8.78 Å². The highest BCUT2D eigenvalue weighted by atomic mass is 35.5. The monoisotopic (exact) mass is 497 g/mol. The SMILES string of the molecule is COCOc1c(C(O)[C@H]2O[C@@H](n3ccc4c(Cl)ncnc43)[C@@H]3OC(C)(C)O[C@@H]32)ccc(F)c1F. The molecular formula is C22H22ClF2N3O6.